The molecule has 0 saturated heterocycles. The van der Waals surface area contributed by atoms with Crippen molar-refractivity contribution in [3.8, 4) is 0 Å². The van der Waals surface area contributed by atoms with Gasteiger partial charge < -0.3 is 0 Å². The van der Waals surface area contributed by atoms with Crippen LogP contribution >= 0.6 is 23.1 Å². The van der Waals surface area contributed by atoms with E-state index in [1.165, 1.54) is 0 Å². The fourth-order valence-electron chi connectivity index (χ4n) is 0.635. The van der Waals surface area contributed by atoms with Crippen molar-refractivity contribution in [1.29, 1.82) is 0 Å². The maximum absolute atomic E-state index is 3.99. The van der Waals surface area contributed by atoms with Crippen molar-refractivity contribution in [3.63, 3.8) is 0 Å². The second-order valence-electron chi connectivity index (χ2n) is 2.04. The topological polar surface area (TPSA) is 25.8 Å². The second-order valence-corrected chi connectivity index (χ2v) is 4.10. The van der Waals surface area contributed by atoms with Gasteiger partial charge in [0.15, 0.2) is 4.34 Å². The van der Waals surface area contributed by atoms with E-state index in [4.69, 9.17) is 0 Å². The van der Waals surface area contributed by atoms with Crippen molar-refractivity contribution < 1.29 is 0 Å². The average molecular weight is 198 g/mol. The van der Waals surface area contributed by atoms with Crippen molar-refractivity contribution in [1.82, 2.24) is 10.2 Å². The third kappa shape index (κ3) is 2.79. The Hall–Kier alpha value is -0.610. The van der Waals surface area contributed by atoms with Gasteiger partial charge in [0.25, 0.3) is 0 Å². The van der Waals surface area contributed by atoms with Crippen molar-refractivity contribution in [2.24, 2.45) is 0 Å². The number of aromatic nitrogens is 2. The lowest BCUT2D eigenvalue weighted by molar-refractivity contribution is 1.00. The molecule has 1 aromatic rings. The van der Waals surface area contributed by atoms with E-state index < -0.39 is 0 Å². The smallest absolute Gasteiger partial charge is 0.138 e. The quantitative estimate of drug-likeness (QED) is 0.549. The summed E-state index contributed by atoms with van der Waals surface area (Å²) in [7, 11) is 0. The zero-order valence-corrected chi connectivity index (χ0v) is 8.49. The van der Waals surface area contributed by atoms with Crippen LogP contribution in [0.25, 0.3) is 6.08 Å². The summed E-state index contributed by atoms with van der Waals surface area (Å²) in [5.41, 5.74) is 0. The van der Waals surface area contributed by atoms with Gasteiger partial charge in [0.05, 0.1) is 0 Å². The van der Waals surface area contributed by atoms with Crippen LogP contribution in [0.5, 0.6) is 0 Å². The SMILES string of the molecule is C=CC/C=C/c1nnc(SC)s1. The molecule has 1 heterocycles. The van der Waals surface area contributed by atoms with Crippen molar-refractivity contribution in [2.75, 3.05) is 6.26 Å². The first-order valence-electron chi connectivity index (χ1n) is 3.51. The second kappa shape index (κ2) is 5.11. The minimum Gasteiger partial charge on any atom is -0.138 e. The summed E-state index contributed by atoms with van der Waals surface area (Å²) in [5.74, 6) is 0. The van der Waals surface area contributed by atoms with E-state index in [1.807, 2.05) is 24.5 Å². The molecule has 4 heteroatoms. The molecule has 0 bridgehead atoms. The number of thioether (sulfide) groups is 1. The van der Waals surface area contributed by atoms with E-state index in [0.717, 1.165) is 15.8 Å². The number of rotatable bonds is 4. The van der Waals surface area contributed by atoms with Gasteiger partial charge in [0, 0.05) is 0 Å². The summed E-state index contributed by atoms with van der Waals surface area (Å²) in [6.07, 6.45) is 8.73. The summed E-state index contributed by atoms with van der Waals surface area (Å²) in [6.45, 7) is 3.63. The van der Waals surface area contributed by atoms with Crippen LogP contribution in [0.15, 0.2) is 23.1 Å². The van der Waals surface area contributed by atoms with E-state index in [1.54, 1.807) is 23.1 Å². The standard InChI is InChI=1S/C8H10N2S2/c1-3-4-5-6-7-9-10-8(11-2)12-7/h3,5-6H,1,4H2,2H3/b6-5+. The van der Waals surface area contributed by atoms with Gasteiger partial charge in [-0.25, -0.2) is 0 Å². The predicted octanol–water partition coefficient (Wildman–Crippen LogP) is 2.85. The van der Waals surface area contributed by atoms with Gasteiger partial charge in [0.2, 0.25) is 0 Å². The third-order valence-corrected chi connectivity index (χ3v) is 3.02. The fraction of sp³-hybridized carbons (Fsp3) is 0.250. The molecule has 0 aromatic carbocycles. The maximum Gasteiger partial charge on any atom is 0.174 e. The lowest BCUT2D eigenvalue weighted by atomic mass is 10.4. The highest BCUT2D eigenvalue weighted by Gasteiger charge is 1.97. The Labute approximate surface area is 80.4 Å². The highest BCUT2D eigenvalue weighted by molar-refractivity contribution is 8.00. The molecule has 0 unspecified atom stereocenters. The Balaban J connectivity index is 2.57. The van der Waals surface area contributed by atoms with Crippen LogP contribution in [0.1, 0.15) is 11.4 Å². The molecule has 0 N–H and O–H groups in total. The normalized spacial score (nSPS) is 10.8. The summed E-state index contributed by atoms with van der Waals surface area (Å²) < 4.78 is 1.01. The van der Waals surface area contributed by atoms with E-state index in [0.29, 0.717) is 0 Å². The van der Waals surface area contributed by atoms with Crippen LogP contribution in [0.3, 0.4) is 0 Å². The Bertz CT molecular complexity index is 278. The minimum absolute atomic E-state index is 0.883. The molecule has 0 spiro atoms. The molecule has 64 valence electrons. The number of hydrogen-bond acceptors (Lipinski definition) is 4. The first-order valence-corrected chi connectivity index (χ1v) is 5.56. The third-order valence-electron chi connectivity index (χ3n) is 1.16. The zero-order chi connectivity index (χ0) is 8.81. The number of nitrogens with zero attached hydrogens (tertiary/aromatic N) is 2. The van der Waals surface area contributed by atoms with Crippen LogP contribution < -0.4 is 0 Å². The molecule has 1 rings (SSSR count). The molecule has 0 fully saturated rings. The highest BCUT2D eigenvalue weighted by atomic mass is 32.2. The molecule has 0 saturated carbocycles. The zero-order valence-electron chi connectivity index (χ0n) is 6.86. The maximum atomic E-state index is 3.99. The summed E-state index contributed by atoms with van der Waals surface area (Å²) in [5, 5.41) is 8.91. The molecule has 0 aliphatic rings. The van der Waals surface area contributed by atoms with Gasteiger partial charge in [-0.1, -0.05) is 35.3 Å². The van der Waals surface area contributed by atoms with Gasteiger partial charge in [-0.2, -0.15) is 0 Å². The molecule has 1 aromatic heterocycles. The van der Waals surface area contributed by atoms with Gasteiger partial charge in [-0.15, -0.1) is 16.8 Å². The van der Waals surface area contributed by atoms with Crippen LogP contribution in [-0.2, 0) is 0 Å². The lowest BCUT2D eigenvalue weighted by Gasteiger charge is -1.79. The fourth-order valence-corrected chi connectivity index (χ4v) is 1.85. The molecular formula is C8H10N2S2. The summed E-state index contributed by atoms with van der Waals surface area (Å²) in [6, 6.07) is 0. The lowest BCUT2D eigenvalue weighted by Crippen LogP contribution is -1.69. The van der Waals surface area contributed by atoms with Crippen molar-refractivity contribution in [3.05, 3.63) is 23.7 Å². The van der Waals surface area contributed by atoms with Gasteiger partial charge in [0.1, 0.15) is 5.01 Å². The molecule has 0 radical (unpaired) electrons. The van der Waals surface area contributed by atoms with E-state index in [9.17, 15) is 0 Å². The average Bonchev–Trinajstić information content (AvgIpc) is 2.53. The summed E-state index contributed by atoms with van der Waals surface area (Å²) in [4.78, 5) is 0. The van der Waals surface area contributed by atoms with Gasteiger partial charge in [-0.05, 0) is 18.8 Å². The Morgan fingerprint density at radius 2 is 2.42 bits per heavy atom. The largest absolute Gasteiger partial charge is 0.174 e. The van der Waals surface area contributed by atoms with E-state index in [2.05, 4.69) is 16.8 Å². The summed E-state index contributed by atoms with van der Waals surface area (Å²) >= 11 is 3.22. The number of hydrogen-bond donors (Lipinski definition) is 0. The van der Waals surface area contributed by atoms with E-state index in [-0.39, 0.29) is 0 Å². The Morgan fingerprint density at radius 1 is 1.58 bits per heavy atom. The van der Waals surface area contributed by atoms with E-state index >= 15 is 0 Å². The first-order chi connectivity index (χ1) is 5.86. The Morgan fingerprint density at radius 3 is 3.00 bits per heavy atom. The van der Waals surface area contributed by atoms with Gasteiger partial charge in [-0.3, -0.25) is 0 Å². The van der Waals surface area contributed by atoms with Crippen LogP contribution in [0.4, 0.5) is 0 Å². The van der Waals surface area contributed by atoms with Crippen molar-refractivity contribution in [2.45, 2.75) is 10.8 Å². The minimum atomic E-state index is 0.883. The molecular weight excluding hydrogens is 188 g/mol. The first kappa shape index (κ1) is 9.48. The molecule has 0 aliphatic heterocycles. The Kier molecular flexibility index (Phi) is 4.04. The molecule has 0 atom stereocenters. The van der Waals surface area contributed by atoms with Gasteiger partial charge >= 0.3 is 0 Å². The predicted molar refractivity (Wildman–Crippen MR) is 55.5 cm³/mol. The van der Waals surface area contributed by atoms with Crippen LogP contribution in [-0.4, -0.2) is 16.5 Å². The van der Waals surface area contributed by atoms with Crippen LogP contribution in [0, 0.1) is 0 Å². The molecule has 0 aliphatic carbocycles. The molecule has 0 amide bonds. The number of allylic oxidation sites excluding steroid dienone is 2. The highest BCUT2D eigenvalue weighted by Crippen LogP contribution is 2.20. The molecule has 12 heavy (non-hydrogen) atoms. The van der Waals surface area contributed by atoms with Crippen molar-refractivity contribution >= 4 is 29.2 Å². The monoisotopic (exact) mass is 198 g/mol. The molecule has 2 nitrogen and oxygen atoms in total. The van der Waals surface area contributed by atoms with Crippen LogP contribution in [0.2, 0.25) is 0 Å².